The summed E-state index contributed by atoms with van der Waals surface area (Å²) in [7, 11) is 1.37. The van der Waals surface area contributed by atoms with Crippen LogP contribution in [0.2, 0.25) is 0 Å². The summed E-state index contributed by atoms with van der Waals surface area (Å²) in [5.41, 5.74) is 1.74. The maximum Gasteiger partial charge on any atom is 0.387 e. The second-order valence-electron chi connectivity index (χ2n) is 6.93. The molecule has 0 aliphatic carbocycles. The molecule has 1 unspecified atom stereocenters. The van der Waals surface area contributed by atoms with Crippen LogP contribution < -0.4 is 14.8 Å². The molecular weight excluding hydrogens is 404 g/mol. The van der Waals surface area contributed by atoms with Crippen molar-refractivity contribution in [3.05, 3.63) is 72.1 Å². The summed E-state index contributed by atoms with van der Waals surface area (Å²) in [5.74, 6) is 0.841. The zero-order chi connectivity index (χ0) is 21.8. The number of methoxy groups -OCH3 is 1. The molecule has 0 spiro atoms. The first-order valence-electron chi connectivity index (χ1n) is 9.72. The van der Waals surface area contributed by atoms with Crippen molar-refractivity contribution in [1.82, 2.24) is 15.5 Å². The van der Waals surface area contributed by atoms with Crippen LogP contribution in [0.25, 0.3) is 22.2 Å². The average Bonchev–Trinajstić information content (AvgIpc) is 3.26. The molecule has 0 saturated heterocycles. The first-order chi connectivity index (χ1) is 15.0. The predicted molar refractivity (Wildman–Crippen MR) is 112 cm³/mol. The maximum absolute atomic E-state index is 12.5. The van der Waals surface area contributed by atoms with Crippen molar-refractivity contribution in [2.75, 3.05) is 7.11 Å². The van der Waals surface area contributed by atoms with E-state index in [1.165, 1.54) is 35.6 Å². The Kier molecular flexibility index (Phi) is 6.08. The number of ether oxygens (including phenoxy) is 2. The van der Waals surface area contributed by atoms with Gasteiger partial charge in [0.25, 0.3) is 0 Å². The number of benzene rings is 3. The quantitative estimate of drug-likeness (QED) is 0.410. The van der Waals surface area contributed by atoms with Crippen LogP contribution in [-0.2, 0) is 6.54 Å². The van der Waals surface area contributed by atoms with Crippen LogP contribution in [0.5, 0.6) is 11.5 Å². The van der Waals surface area contributed by atoms with Gasteiger partial charge in [0.1, 0.15) is 0 Å². The molecule has 31 heavy (non-hydrogen) atoms. The SMILES string of the molecule is COc1cc(-c2noc(CNC(C)c3cccc4ccccc34)n2)ccc1OC(F)F. The predicted octanol–water partition coefficient (Wildman–Crippen LogP) is 5.35. The van der Waals surface area contributed by atoms with Crippen molar-refractivity contribution in [2.45, 2.75) is 26.1 Å². The molecule has 0 aliphatic heterocycles. The van der Waals surface area contributed by atoms with E-state index in [0.29, 0.717) is 23.8 Å². The van der Waals surface area contributed by atoms with E-state index in [0.717, 1.165) is 0 Å². The van der Waals surface area contributed by atoms with E-state index in [4.69, 9.17) is 9.26 Å². The standard InChI is InChI=1S/C23H21F2N3O3/c1-14(17-9-5-7-15-6-3-4-8-18(15)17)26-13-21-27-22(28-31-21)16-10-11-19(30-23(24)25)20(12-16)29-2/h3-12,14,23,26H,13H2,1-2H3. The first kappa shape index (κ1) is 20.7. The largest absolute Gasteiger partial charge is 0.493 e. The lowest BCUT2D eigenvalue weighted by Crippen LogP contribution is -2.18. The lowest BCUT2D eigenvalue weighted by atomic mass is 10.00. The number of aromatic nitrogens is 2. The summed E-state index contributed by atoms with van der Waals surface area (Å²) < 4.78 is 39.9. The van der Waals surface area contributed by atoms with Gasteiger partial charge in [-0.2, -0.15) is 13.8 Å². The van der Waals surface area contributed by atoms with E-state index >= 15 is 0 Å². The first-order valence-corrected chi connectivity index (χ1v) is 9.72. The molecular formula is C23H21F2N3O3. The average molecular weight is 425 g/mol. The molecule has 8 heteroatoms. The minimum absolute atomic E-state index is 0.0597. The second kappa shape index (κ2) is 9.09. The van der Waals surface area contributed by atoms with Gasteiger partial charge in [-0.3, -0.25) is 0 Å². The molecule has 0 fully saturated rings. The molecule has 0 radical (unpaired) electrons. The maximum atomic E-state index is 12.5. The highest BCUT2D eigenvalue weighted by molar-refractivity contribution is 5.86. The lowest BCUT2D eigenvalue weighted by Gasteiger charge is -2.15. The van der Waals surface area contributed by atoms with Crippen molar-refractivity contribution < 1.29 is 22.8 Å². The van der Waals surface area contributed by atoms with Crippen LogP contribution in [0.15, 0.2) is 65.2 Å². The topological polar surface area (TPSA) is 69.4 Å². The molecule has 1 aromatic heterocycles. The van der Waals surface area contributed by atoms with E-state index in [1.54, 1.807) is 6.07 Å². The zero-order valence-electron chi connectivity index (χ0n) is 17.0. The van der Waals surface area contributed by atoms with Gasteiger partial charge in [0.05, 0.1) is 13.7 Å². The van der Waals surface area contributed by atoms with Gasteiger partial charge < -0.3 is 19.3 Å². The summed E-state index contributed by atoms with van der Waals surface area (Å²) in [4.78, 5) is 4.39. The van der Waals surface area contributed by atoms with Gasteiger partial charge in [-0.05, 0) is 41.5 Å². The van der Waals surface area contributed by atoms with Crippen LogP contribution in [0.1, 0.15) is 24.4 Å². The normalized spacial score (nSPS) is 12.3. The smallest absolute Gasteiger partial charge is 0.387 e. The Morgan fingerprint density at radius 1 is 1.03 bits per heavy atom. The van der Waals surface area contributed by atoms with E-state index in [-0.39, 0.29) is 17.5 Å². The molecule has 4 rings (SSSR count). The molecule has 1 atom stereocenters. The van der Waals surface area contributed by atoms with Crippen molar-refractivity contribution >= 4 is 10.8 Å². The van der Waals surface area contributed by atoms with Crippen LogP contribution in [0.4, 0.5) is 8.78 Å². The number of nitrogens with one attached hydrogen (secondary N) is 1. The fraction of sp³-hybridized carbons (Fsp3) is 0.217. The van der Waals surface area contributed by atoms with Crippen LogP contribution in [0, 0.1) is 0 Å². The molecule has 3 aromatic carbocycles. The molecule has 0 saturated carbocycles. The van der Waals surface area contributed by atoms with Gasteiger partial charge in [0.2, 0.25) is 11.7 Å². The zero-order valence-corrected chi connectivity index (χ0v) is 17.0. The lowest BCUT2D eigenvalue weighted by molar-refractivity contribution is -0.0512. The van der Waals surface area contributed by atoms with Gasteiger partial charge in [-0.15, -0.1) is 0 Å². The number of halogens is 2. The third-order valence-corrected chi connectivity index (χ3v) is 4.96. The Morgan fingerprint density at radius 3 is 2.65 bits per heavy atom. The second-order valence-corrected chi connectivity index (χ2v) is 6.93. The van der Waals surface area contributed by atoms with E-state index in [1.807, 2.05) is 18.2 Å². The highest BCUT2D eigenvalue weighted by Gasteiger charge is 2.16. The van der Waals surface area contributed by atoms with E-state index < -0.39 is 6.61 Å². The number of hydrogen-bond acceptors (Lipinski definition) is 6. The summed E-state index contributed by atoms with van der Waals surface area (Å²) in [6.07, 6.45) is 0. The Hall–Kier alpha value is -3.52. The summed E-state index contributed by atoms with van der Waals surface area (Å²) in [6.45, 7) is -0.487. The molecule has 6 nitrogen and oxygen atoms in total. The number of nitrogens with zero attached hydrogens (tertiary/aromatic N) is 2. The molecule has 0 aliphatic rings. The number of rotatable bonds is 8. The van der Waals surface area contributed by atoms with E-state index in [2.05, 4.69) is 51.4 Å². The molecule has 1 heterocycles. The van der Waals surface area contributed by atoms with Crippen molar-refractivity contribution in [2.24, 2.45) is 0 Å². The Balaban J connectivity index is 1.47. The summed E-state index contributed by atoms with van der Waals surface area (Å²) in [5, 5.41) is 9.76. The molecule has 4 aromatic rings. The van der Waals surface area contributed by atoms with Gasteiger partial charge in [0.15, 0.2) is 11.5 Å². The number of fused-ring (bicyclic) bond motifs is 1. The molecule has 1 N–H and O–H groups in total. The van der Waals surface area contributed by atoms with Gasteiger partial charge in [-0.25, -0.2) is 0 Å². The van der Waals surface area contributed by atoms with Crippen molar-refractivity contribution in [1.29, 1.82) is 0 Å². The Bertz CT molecular complexity index is 1170. The van der Waals surface area contributed by atoms with Crippen LogP contribution in [0.3, 0.4) is 0 Å². The van der Waals surface area contributed by atoms with Crippen molar-refractivity contribution in [3.63, 3.8) is 0 Å². The van der Waals surface area contributed by atoms with E-state index in [9.17, 15) is 8.78 Å². The third kappa shape index (κ3) is 4.64. The summed E-state index contributed by atoms with van der Waals surface area (Å²) >= 11 is 0. The highest BCUT2D eigenvalue weighted by Crippen LogP contribution is 2.32. The van der Waals surface area contributed by atoms with Gasteiger partial charge in [0, 0.05) is 11.6 Å². The Morgan fingerprint density at radius 2 is 1.84 bits per heavy atom. The highest BCUT2D eigenvalue weighted by atomic mass is 19.3. The van der Waals surface area contributed by atoms with Crippen molar-refractivity contribution in [3.8, 4) is 22.9 Å². The van der Waals surface area contributed by atoms with Crippen LogP contribution in [-0.4, -0.2) is 23.9 Å². The minimum atomic E-state index is -2.94. The fourth-order valence-electron chi connectivity index (χ4n) is 3.42. The van der Waals surface area contributed by atoms with Crippen LogP contribution >= 0.6 is 0 Å². The molecule has 160 valence electrons. The number of alkyl halides is 2. The van der Waals surface area contributed by atoms with Gasteiger partial charge >= 0.3 is 6.61 Å². The Labute approximate surface area is 177 Å². The molecule has 0 bridgehead atoms. The monoisotopic (exact) mass is 425 g/mol. The number of hydrogen-bond donors (Lipinski definition) is 1. The summed E-state index contributed by atoms with van der Waals surface area (Å²) in [6, 6.07) is 19.0. The minimum Gasteiger partial charge on any atom is -0.493 e. The third-order valence-electron chi connectivity index (χ3n) is 4.96. The molecule has 0 amide bonds. The fourth-order valence-corrected chi connectivity index (χ4v) is 3.42. The van der Waals surface area contributed by atoms with Gasteiger partial charge in [-0.1, -0.05) is 47.6 Å².